The minimum absolute atomic E-state index is 0.591. The van der Waals surface area contributed by atoms with Gasteiger partial charge in [0.05, 0.1) is 0 Å². The largest absolute Gasteiger partial charge is 0.239 e. The molecule has 1 aliphatic rings. The average Bonchev–Trinajstić information content (AvgIpc) is 2.01. The van der Waals surface area contributed by atoms with Crippen molar-refractivity contribution in [1.82, 2.24) is 16.0 Å². The van der Waals surface area contributed by atoms with Gasteiger partial charge in [-0.15, -0.1) is 0 Å². The molecule has 1 aliphatic heterocycles. The molecule has 1 fully saturated rings. The number of hydrogen-bond donors (Lipinski definition) is 2. The summed E-state index contributed by atoms with van der Waals surface area (Å²) in [6, 6.07) is 1.18. The fourth-order valence-electron chi connectivity index (χ4n) is 1.73. The molecule has 0 bridgehead atoms. The summed E-state index contributed by atoms with van der Waals surface area (Å²) in [5.41, 5.74) is 6.75. The molecule has 0 aliphatic carbocycles. The van der Waals surface area contributed by atoms with Gasteiger partial charge in [-0.25, -0.2) is 10.9 Å². The Morgan fingerprint density at radius 3 is 1.83 bits per heavy atom. The minimum Gasteiger partial charge on any atom is -0.239 e. The van der Waals surface area contributed by atoms with Crippen molar-refractivity contribution < 1.29 is 0 Å². The van der Waals surface area contributed by atoms with Crippen LogP contribution in [0.25, 0.3) is 0 Å². The van der Waals surface area contributed by atoms with Crippen molar-refractivity contribution in [2.45, 2.75) is 51.6 Å². The maximum absolute atomic E-state index is 3.37. The van der Waals surface area contributed by atoms with Crippen LogP contribution in [0.5, 0.6) is 0 Å². The van der Waals surface area contributed by atoms with Crippen LogP contribution in [-0.2, 0) is 0 Å². The summed E-state index contributed by atoms with van der Waals surface area (Å²) in [4.78, 5) is 0. The molecule has 0 aromatic rings. The molecule has 2 N–H and O–H groups in total. The van der Waals surface area contributed by atoms with E-state index in [0.29, 0.717) is 12.1 Å². The second kappa shape index (κ2) is 4.80. The summed E-state index contributed by atoms with van der Waals surface area (Å²) in [6.07, 6.45) is 5.24. The number of hydrazine groups is 2. The van der Waals surface area contributed by atoms with Crippen molar-refractivity contribution in [3.05, 3.63) is 0 Å². The highest BCUT2D eigenvalue weighted by atomic mass is 15.7. The molecule has 72 valence electrons. The lowest BCUT2D eigenvalue weighted by Crippen LogP contribution is -2.51. The van der Waals surface area contributed by atoms with Crippen LogP contribution in [0.1, 0.15) is 39.5 Å². The lowest BCUT2D eigenvalue weighted by Gasteiger charge is -2.25. The fraction of sp³-hybridized carbons (Fsp3) is 1.00. The van der Waals surface area contributed by atoms with Crippen molar-refractivity contribution in [1.29, 1.82) is 0 Å². The number of hydrogen-bond acceptors (Lipinski definition) is 3. The first-order valence-electron chi connectivity index (χ1n) is 4.94. The van der Waals surface area contributed by atoms with Crippen LogP contribution in [0.4, 0.5) is 0 Å². The van der Waals surface area contributed by atoms with Crippen molar-refractivity contribution in [3.63, 3.8) is 0 Å². The molecule has 0 saturated carbocycles. The molecule has 12 heavy (non-hydrogen) atoms. The van der Waals surface area contributed by atoms with Gasteiger partial charge in [0.25, 0.3) is 0 Å². The first-order valence-corrected chi connectivity index (χ1v) is 4.94. The van der Waals surface area contributed by atoms with Gasteiger partial charge in [0.2, 0.25) is 0 Å². The van der Waals surface area contributed by atoms with E-state index in [1.807, 2.05) is 12.2 Å². The number of rotatable bonds is 0. The van der Waals surface area contributed by atoms with Gasteiger partial charge >= 0.3 is 0 Å². The van der Waals surface area contributed by atoms with Crippen LogP contribution in [0, 0.1) is 0 Å². The highest BCUT2D eigenvalue weighted by Gasteiger charge is 2.10. The third-order valence-corrected chi connectivity index (χ3v) is 2.35. The van der Waals surface area contributed by atoms with E-state index in [2.05, 4.69) is 24.7 Å². The van der Waals surface area contributed by atoms with Gasteiger partial charge in [0.1, 0.15) is 0 Å². The molecule has 0 amide bonds. The standard InChI is InChI=1S/C9H21N3/c1-8-6-4-5-7-9(2)11-12(3)10-8/h8-11H,4-7H2,1-3H3. The van der Waals surface area contributed by atoms with E-state index >= 15 is 0 Å². The molecule has 1 heterocycles. The molecule has 2 unspecified atom stereocenters. The van der Waals surface area contributed by atoms with Crippen molar-refractivity contribution >= 4 is 0 Å². The Morgan fingerprint density at radius 1 is 1.00 bits per heavy atom. The minimum atomic E-state index is 0.591. The summed E-state index contributed by atoms with van der Waals surface area (Å²) in [5.74, 6) is 0. The van der Waals surface area contributed by atoms with Gasteiger partial charge in [-0.1, -0.05) is 12.8 Å². The van der Waals surface area contributed by atoms with Gasteiger partial charge < -0.3 is 0 Å². The summed E-state index contributed by atoms with van der Waals surface area (Å²) in [7, 11) is 2.04. The molecular weight excluding hydrogens is 150 g/mol. The Morgan fingerprint density at radius 2 is 1.42 bits per heavy atom. The Kier molecular flexibility index (Phi) is 3.98. The summed E-state index contributed by atoms with van der Waals surface area (Å²) in [5, 5.41) is 2.00. The van der Waals surface area contributed by atoms with E-state index in [1.54, 1.807) is 0 Å². The molecule has 3 nitrogen and oxygen atoms in total. The zero-order valence-electron chi connectivity index (χ0n) is 8.43. The average molecular weight is 171 g/mol. The zero-order valence-corrected chi connectivity index (χ0v) is 8.43. The summed E-state index contributed by atoms with van der Waals surface area (Å²) >= 11 is 0. The van der Waals surface area contributed by atoms with Crippen LogP contribution in [0.3, 0.4) is 0 Å². The second-order valence-electron chi connectivity index (χ2n) is 3.90. The van der Waals surface area contributed by atoms with Gasteiger partial charge in [0.15, 0.2) is 0 Å². The van der Waals surface area contributed by atoms with Gasteiger partial charge in [0, 0.05) is 19.1 Å². The fourth-order valence-corrected chi connectivity index (χ4v) is 1.73. The van der Waals surface area contributed by atoms with Crippen molar-refractivity contribution in [3.8, 4) is 0 Å². The van der Waals surface area contributed by atoms with Gasteiger partial charge in [-0.2, -0.15) is 5.12 Å². The van der Waals surface area contributed by atoms with Crippen LogP contribution >= 0.6 is 0 Å². The van der Waals surface area contributed by atoms with Gasteiger partial charge in [-0.05, 0) is 26.7 Å². The predicted octanol–water partition coefficient (Wildman–Crippen LogP) is 1.28. The van der Waals surface area contributed by atoms with Crippen LogP contribution in [0.2, 0.25) is 0 Å². The third-order valence-electron chi connectivity index (χ3n) is 2.35. The van der Waals surface area contributed by atoms with E-state index in [4.69, 9.17) is 0 Å². The van der Waals surface area contributed by atoms with Crippen molar-refractivity contribution in [2.24, 2.45) is 0 Å². The third kappa shape index (κ3) is 3.52. The maximum Gasteiger partial charge on any atom is 0.0200 e. The number of nitrogens with zero attached hydrogens (tertiary/aromatic N) is 1. The summed E-state index contributed by atoms with van der Waals surface area (Å²) in [6.45, 7) is 4.46. The van der Waals surface area contributed by atoms with E-state index in [9.17, 15) is 0 Å². The molecule has 2 atom stereocenters. The summed E-state index contributed by atoms with van der Waals surface area (Å²) < 4.78 is 0. The molecular formula is C9H21N3. The van der Waals surface area contributed by atoms with Crippen molar-refractivity contribution in [2.75, 3.05) is 7.05 Å². The zero-order chi connectivity index (χ0) is 8.97. The molecule has 0 radical (unpaired) electrons. The molecule has 0 aromatic carbocycles. The van der Waals surface area contributed by atoms with E-state index in [-0.39, 0.29) is 0 Å². The highest BCUT2D eigenvalue weighted by Crippen LogP contribution is 2.08. The normalized spacial score (nSPS) is 35.2. The molecule has 0 spiro atoms. The topological polar surface area (TPSA) is 27.3 Å². The number of nitrogens with one attached hydrogen (secondary N) is 2. The van der Waals surface area contributed by atoms with Crippen LogP contribution < -0.4 is 10.9 Å². The molecule has 1 saturated heterocycles. The van der Waals surface area contributed by atoms with Crippen LogP contribution in [-0.4, -0.2) is 24.2 Å². The predicted molar refractivity (Wildman–Crippen MR) is 51.4 cm³/mol. The van der Waals surface area contributed by atoms with E-state index in [0.717, 1.165) is 0 Å². The maximum atomic E-state index is 3.37. The smallest absolute Gasteiger partial charge is 0.0200 e. The highest BCUT2D eigenvalue weighted by molar-refractivity contribution is 4.64. The van der Waals surface area contributed by atoms with Gasteiger partial charge in [-0.3, -0.25) is 0 Å². The lowest BCUT2D eigenvalue weighted by molar-refractivity contribution is 0.112. The lowest BCUT2D eigenvalue weighted by atomic mass is 10.1. The van der Waals surface area contributed by atoms with E-state index in [1.165, 1.54) is 25.7 Å². The SMILES string of the molecule is CC1CCCCC(C)NN(C)N1. The first-order chi connectivity index (χ1) is 5.68. The molecule has 1 rings (SSSR count). The Bertz CT molecular complexity index is 113. The monoisotopic (exact) mass is 171 g/mol. The second-order valence-corrected chi connectivity index (χ2v) is 3.90. The Balaban J connectivity index is 2.37. The first kappa shape index (κ1) is 9.96. The Labute approximate surface area is 75.5 Å². The Hall–Kier alpha value is -0.120. The molecule has 3 heteroatoms. The van der Waals surface area contributed by atoms with Crippen LogP contribution in [0.15, 0.2) is 0 Å². The van der Waals surface area contributed by atoms with E-state index < -0.39 is 0 Å². The quantitative estimate of drug-likeness (QED) is 0.575. The molecule has 0 aromatic heterocycles.